The average molecular weight is 834 g/mol. The molecule has 17 nitrogen and oxygen atoms in total. The summed E-state index contributed by atoms with van der Waals surface area (Å²) in [6.45, 7) is 10.4. The highest BCUT2D eigenvalue weighted by Gasteiger charge is 2.51. The molecular formula is C41H71NO16. The van der Waals surface area contributed by atoms with E-state index in [9.17, 15) is 35.2 Å². The topological polar surface area (TPSA) is 221 Å². The molecule has 4 N–H and O–H groups in total. The fourth-order valence-electron chi connectivity index (χ4n) is 8.30. The van der Waals surface area contributed by atoms with Gasteiger partial charge in [-0.2, -0.15) is 0 Å². The molecule has 336 valence electrons. The summed E-state index contributed by atoms with van der Waals surface area (Å²) in [6.07, 6.45) is -7.71. The molecule has 0 aromatic carbocycles. The Kier molecular flexibility index (Phi) is 19.8. The van der Waals surface area contributed by atoms with Crippen LogP contribution in [-0.2, 0) is 52.2 Å². The van der Waals surface area contributed by atoms with Crippen molar-refractivity contribution in [2.75, 3.05) is 49.1 Å². The minimum Gasteiger partial charge on any atom is -0.633 e. The second kappa shape index (κ2) is 22.8. The van der Waals surface area contributed by atoms with Crippen molar-refractivity contribution in [3.05, 3.63) is 29.0 Å². The van der Waals surface area contributed by atoms with Crippen LogP contribution in [0.15, 0.2) is 23.8 Å². The van der Waals surface area contributed by atoms with Crippen molar-refractivity contribution < 1.29 is 77.3 Å². The molecule has 0 radical (unpaired) electrons. The van der Waals surface area contributed by atoms with Gasteiger partial charge in [0.2, 0.25) is 0 Å². The molecule has 17 heteroatoms. The van der Waals surface area contributed by atoms with E-state index in [4.69, 9.17) is 42.6 Å². The summed E-state index contributed by atoms with van der Waals surface area (Å²) in [7, 11) is 8.48. The van der Waals surface area contributed by atoms with Crippen LogP contribution in [0.4, 0.5) is 0 Å². The molecule has 17 atom stereocenters. The van der Waals surface area contributed by atoms with E-state index in [1.807, 2.05) is 19.9 Å². The van der Waals surface area contributed by atoms with E-state index < -0.39 is 127 Å². The van der Waals surface area contributed by atoms with Crippen LogP contribution >= 0.6 is 0 Å². The van der Waals surface area contributed by atoms with Gasteiger partial charge in [0.25, 0.3) is 0 Å². The van der Waals surface area contributed by atoms with Crippen molar-refractivity contribution in [2.24, 2.45) is 23.7 Å². The maximum absolute atomic E-state index is 13.8. The fraction of sp³-hybridized carbons (Fsp3) is 0.854. The van der Waals surface area contributed by atoms with Gasteiger partial charge in [-0.3, -0.25) is 9.59 Å². The van der Waals surface area contributed by atoms with Crippen LogP contribution in [0.5, 0.6) is 0 Å². The number of rotatable bonds is 13. The lowest BCUT2D eigenvalue weighted by atomic mass is 9.79. The Bertz CT molecular complexity index is 1340. The predicted octanol–water partition coefficient (Wildman–Crippen LogP) is 2.00. The highest BCUT2D eigenvalue weighted by molar-refractivity contribution is 5.91. The number of allylic oxidation sites excluding steroid dienone is 3. The molecule has 0 aromatic heterocycles. The number of ether oxygens (including phenoxy) is 9. The Morgan fingerprint density at radius 1 is 0.862 bits per heavy atom. The Hall–Kier alpha value is -1.94. The van der Waals surface area contributed by atoms with Crippen LogP contribution in [0.1, 0.15) is 67.2 Å². The van der Waals surface area contributed by atoms with Gasteiger partial charge in [-0.05, 0) is 45.6 Å². The van der Waals surface area contributed by atoms with E-state index in [1.54, 1.807) is 33.8 Å². The van der Waals surface area contributed by atoms with E-state index >= 15 is 0 Å². The molecule has 0 aliphatic carbocycles. The maximum atomic E-state index is 13.8. The summed E-state index contributed by atoms with van der Waals surface area (Å²) in [5.41, 5.74) is 0.696. The summed E-state index contributed by atoms with van der Waals surface area (Å²) in [6, 6.07) is -1.23. The lowest BCUT2D eigenvalue weighted by molar-refractivity contribution is -0.879. The first-order valence-electron chi connectivity index (χ1n) is 20.3. The number of carbonyl (C=O) groups is 2. The summed E-state index contributed by atoms with van der Waals surface area (Å²) in [5.74, 6) is -3.43. The predicted molar refractivity (Wildman–Crippen MR) is 209 cm³/mol. The summed E-state index contributed by atoms with van der Waals surface area (Å²) in [4.78, 5) is 27.5. The normalized spacial score (nSPS) is 41.8. The molecule has 2 saturated heterocycles. The number of aliphatic hydroxyl groups excluding tert-OH is 4. The molecular weight excluding hydrogens is 762 g/mol. The standard InChI is InChI=1S/C41H71NO16/c1-13-30-27(20-54-41-39(53-12)38(52-11)35(47)25(6)56-41)16-21(2)14-15-28(43)22(3)17-26(18-32(50-9)51-10)37(23(4)29(44)19-31(45)57-30)58-40-36(48)33(42(7,8)49)34(46)24(5)55-40/h14-16,22-27,29-30,32-41,44,46-48H,13,17-20H2,1-12H3/b15-14+,21-16+/t22-,23+,24+,25-,26-,27-,29-,30-,33-,34+,35-,36+,37-,38-,39-,40-,41-/m1/s1. The van der Waals surface area contributed by atoms with Crippen molar-refractivity contribution in [1.29, 1.82) is 0 Å². The Labute approximate surface area is 343 Å². The van der Waals surface area contributed by atoms with Crippen molar-refractivity contribution in [3.63, 3.8) is 0 Å². The molecule has 3 rings (SSSR count). The van der Waals surface area contributed by atoms with Crippen LogP contribution < -0.4 is 0 Å². The van der Waals surface area contributed by atoms with Crippen molar-refractivity contribution >= 4 is 11.8 Å². The Morgan fingerprint density at radius 3 is 2.03 bits per heavy atom. The van der Waals surface area contributed by atoms with Crippen LogP contribution in [0.3, 0.4) is 0 Å². The smallest absolute Gasteiger partial charge is 0.308 e. The summed E-state index contributed by atoms with van der Waals surface area (Å²) < 4.78 is 52.0. The quantitative estimate of drug-likeness (QED) is 0.0902. The monoisotopic (exact) mass is 833 g/mol. The van der Waals surface area contributed by atoms with Crippen molar-refractivity contribution in [1.82, 2.24) is 0 Å². The number of quaternary nitrogens is 1. The van der Waals surface area contributed by atoms with E-state index in [2.05, 4.69) is 0 Å². The molecule has 3 aliphatic heterocycles. The molecule has 0 aromatic rings. The fourth-order valence-corrected chi connectivity index (χ4v) is 8.30. The second-order valence-electron chi connectivity index (χ2n) is 16.6. The minimum atomic E-state index is -1.58. The molecule has 0 saturated carbocycles. The minimum absolute atomic E-state index is 0.00147. The zero-order chi connectivity index (χ0) is 43.6. The third-order valence-electron chi connectivity index (χ3n) is 11.9. The molecule has 0 bridgehead atoms. The number of hydrogen-bond acceptors (Lipinski definition) is 16. The van der Waals surface area contributed by atoms with E-state index in [-0.39, 0.29) is 25.2 Å². The van der Waals surface area contributed by atoms with Crippen LogP contribution in [0.2, 0.25) is 0 Å². The van der Waals surface area contributed by atoms with E-state index in [0.717, 1.165) is 0 Å². The van der Waals surface area contributed by atoms with Crippen LogP contribution in [-0.4, -0.2) is 172 Å². The number of aliphatic hydroxyl groups is 4. The number of nitrogens with zero attached hydrogens (tertiary/aromatic N) is 1. The van der Waals surface area contributed by atoms with Gasteiger partial charge in [0, 0.05) is 52.6 Å². The van der Waals surface area contributed by atoms with Gasteiger partial charge in [0.1, 0.15) is 36.6 Å². The van der Waals surface area contributed by atoms with Crippen molar-refractivity contribution in [2.45, 2.75) is 153 Å². The van der Waals surface area contributed by atoms with Gasteiger partial charge in [0.15, 0.2) is 30.8 Å². The lowest BCUT2D eigenvalue weighted by Crippen LogP contribution is -2.67. The number of hydrogen-bond donors (Lipinski definition) is 4. The molecule has 3 heterocycles. The average Bonchev–Trinajstić information content (AvgIpc) is 3.16. The Balaban J connectivity index is 2.03. The van der Waals surface area contributed by atoms with Crippen molar-refractivity contribution in [3.8, 4) is 0 Å². The molecule has 0 unspecified atom stereocenters. The first kappa shape index (κ1) is 50.4. The van der Waals surface area contributed by atoms with Gasteiger partial charge >= 0.3 is 5.97 Å². The highest BCUT2D eigenvalue weighted by Crippen LogP contribution is 2.36. The van der Waals surface area contributed by atoms with Gasteiger partial charge in [-0.25, -0.2) is 0 Å². The highest BCUT2D eigenvalue weighted by atomic mass is 16.7. The van der Waals surface area contributed by atoms with Crippen LogP contribution in [0.25, 0.3) is 0 Å². The summed E-state index contributed by atoms with van der Waals surface area (Å²) in [5, 5.41) is 57.9. The van der Waals surface area contributed by atoms with Gasteiger partial charge < -0.3 is 72.9 Å². The van der Waals surface area contributed by atoms with Gasteiger partial charge in [-0.15, -0.1) is 0 Å². The molecule has 2 fully saturated rings. The SMILES string of the molecule is CC[C@H]1OC(=O)C[C@@H](O)[C@H](C)[C@@H](O[C@H]2O[C@@H](C)[C@H](O)[C@@H]([N+](C)(C)[O-])[C@@H]2O)[C@@H](CC(OC)OC)C[C@@H](C)C(=O)/C=C/C(C)=C/[C@@H]1CO[C@@H]1O[C@H](C)[C@@H](O)[C@@H](OC)[C@H]1OC. The van der Waals surface area contributed by atoms with Gasteiger partial charge in [0.05, 0.1) is 51.5 Å². The van der Waals surface area contributed by atoms with E-state index in [0.29, 0.717) is 12.0 Å². The van der Waals surface area contributed by atoms with Crippen LogP contribution in [0, 0.1) is 28.9 Å². The number of cyclic esters (lactones) is 1. The number of esters is 1. The molecule has 58 heavy (non-hydrogen) atoms. The zero-order valence-electron chi connectivity index (χ0n) is 36.3. The first-order valence-corrected chi connectivity index (χ1v) is 20.3. The number of methoxy groups -OCH3 is 4. The maximum Gasteiger partial charge on any atom is 0.308 e. The molecule has 0 amide bonds. The number of carbonyl (C=O) groups excluding carboxylic acids is 2. The first-order chi connectivity index (χ1) is 27.2. The summed E-state index contributed by atoms with van der Waals surface area (Å²) >= 11 is 0. The zero-order valence-corrected chi connectivity index (χ0v) is 36.3. The molecule has 0 spiro atoms. The van der Waals surface area contributed by atoms with E-state index in [1.165, 1.54) is 48.6 Å². The third-order valence-corrected chi connectivity index (χ3v) is 11.9. The Morgan fingerprint density at radius 2 is 1.47 bits per heavy atom. The lowest BCUT2D eigenvalue weighted by Gasteiger charge is -2.52. The number of likely N-dealkylation sites (N-methyl/N-ethyl adjacent to an activating group) is 1. The number of ketones is 1. The second-order valence-corrected chi connectivity index (χ2v) is 16.6. The number of hydroxylamine groups is 3. The largest absolute Gasteiger partial charge is 0.633 e. The molecule has 3 aliphatic rings. The third kappa shape index (κ3) is 13.0. The van der Waals surface area contributed by atoms with Gasteiger partial charge in [-0.1, -0.05) is 38.5 Å².